The van der Waals surface area contributed by atoms with Crippen molar-refractivity contribution in [1.82, 2.24) is 0 Å². The number of hydrogen-bond acceptors (Lipinski definition) is 3. The number of carbonyl (C=O) groups is 1. The molecule has 0 aromatic heterocycles. The molecular formula is C11H12ClN3O. The Morgan fingerprint density at radius 3 is 2.94 bits per heavy atom. The van der Waals surface area contributed by atoms with Gasteiger partial charge < -0.3 is 11.1 Å². The molecule has 1 rings (SSSR count). The fourth-order valence-corrected chi connectivity index (χ4v) is 1.36. The molecular weight excluding hydrogens is 226 g/mol. The lowest BCUT2D eigenvalue weighted by Crippen LogP contribution is -2.14. The van der Waals surface area contributed by atoms with E-state index in [1.807, 2.05) is 6.07 Å². The molecule has 0 spiro atoms. The van der Waals surface area contributed by atoms with E-state index in [9.17, 15) is 4.79 Å². The van der Waals surface area contributed by atoms with Gasteiger partial charge in [-0.15, -0.1) is 0 Å². The maximum Gasteiger partial charge on any atom is 0.224 e. The molecule has 0 fully saturated rings. The minimum atomic E-state index is -0.163. The molecule has 84 valence electrons. The number of carbonyl (C=O) groups excluding carboxylic acids is 1. The molecule has 0 unspecified atom stereocenters. The third-order valence-electron chi connectivity index (χ3n) is 1.98. The number of nitriles is 1. The van der Waals surface area contributed by atoms with Gasteiger partial charge in [-0.2, -0.15) is 5.26 Å². The summed E-state index contributed by atoms with van der Waals surface area (Å²) >= 11 is 5.78. The smallest absolute Gasteiger partial charge is 0.224 e. The van der Waals surface area contributed by atoms with Gasteiger partial charge in [0, 0.05) is 11.4 Å². The van der Waals surface area contributed by atoms with Crippen LogP contribution in [0.3, 0.4) is 0 Å². The number of amides is 1. The quantitative estimate of drug-likeness (QED) is 0.839. The van der Waals surface area contributed by atoms with E-state index >= 15 is 0 Å². The SMILES string of the molecule is N#Cc1ccc(Cl)cc1NC(=O)CCCN. The molecule has 0 radical (unpaired) electrons. The molecule has 0 heterocycles. The lowest BCUT2D eigenvalue weighted by molar-refractivity contribution is -0.116. The van der Waals surface area contributed by atoms with Crippen LogP contribution in [-0.2, 0) is 4.79 Å². The molecule has 0 bridgehead atoms. The summed E-state index contributed by atoms with van der Waals surface area (Å²) < 4.78 is 0. The van der Waals surface area contributed by atoms with Crippen LogP contribution in [0.15, 0.2) is 18.2 Å². The Morgan fingerprint density at radius 1 is 1.56 bits per heavy atom. The van der Waals surface area contributed by atoms with Crippen LogP contribution >= 0.6 is 11.6 Å². The summed E-state index contributed by atoms with van der Waals surface area (Å²) in [4.78, 5) is 11.4. The van der Waals surface area contributed by atoms with Crippen molar-refractivity contribution in [3.05, 3.63) is 28.8 Å². The molecule has 0 atom stereocenters. The molecule has 0 aliphatic rings. The van der Waals surface area contributed by atoms with Crippen LogP contribution in [0.5, 0.6) is 0 Å². The Hall–Kier alpha value is -1.57. The summed E-state index contributed by atoms with van der Waals surface area (Å²) in [6.45, 7) is 0.466. The summed E-state index contributed by atoms with van der Waals surface area (Å²) in [5, 5.41) is 11.9. The lowest BCUT2D eigenvalue weighted by Gasteiger charge is -2.06. The number of nitrogens with zero attached hydrogens (tertiary/aromatic N) is 1. The maximum atomic E-state index is 11.4. The number of benzene rings is 1. The summed E-state index contributed by atoms with van der Waals surface area (Å²) in [7, 11) is 0. The first-order valence-electron chi connectivity index (χ1n) is 4.87. The predicted molar refractivity (Wildman–Crippen MR) is 63.1 cm³/mol. The first-order valence-corrected chi connectivity index (χ1v) is 5.24. The number of anilines is 1. The van der Waals surface area contributed by atoms with E-state index in [4.69, 9.17) is 22.6 Å². The highest BCUT2D eigenvalue weighted by Gasteiger charge is 2.06. The Kier molecular flexibility index (Phi) is 4.77. The van der Waals surface area contributed by atoms with Gasteiger partial charge in [0.15, 0.2) is 0 Å². The van der Waals surface area contributed by atoms with E-state index in [-0.39, 0.29) is 5.91 Å². The van der Waals surface area contributed by atoms with Crippen LogP contribution in [0, 0.1) is 11.3 Å². The van der Waals surface area contributed by atoms with Gasteiger partial charge in [0.1, 0.15) is 6.07 Å². The predicted octanol–water partition coefficient (Wildman–Crippen LogP) is 1.89. The van der Waals surface area contributed by atoms with Crippen molar-refractivity contribution < 1.29 is 4.79 Å². The second kappa shape index (κ2) is 6.11. The minimum Gasteiger partial charge on any atom is -0.330 e. The van der Waals surface area contributed by atoms with E-state index in [2.05, 4.69) is 5.32 Å². The first-order chi connectivity index (χ1) is 7.67. The fraction of sp³-hybridized carbons (Fsp3) is 0.273. The van der Waals surface area contributed by atoms with E-state index in [1.165, 1.54) is 0 Å². The molecule has 0 saturated heterocycles. The highest BCUT2D eigenvalue weighted by molar-refractivity contribution is 6.31. The Bertz CT molecular complexity index is 426. The number of nitrogens with one attached hydrogen (secondary N) is 1. The van der Waals surface area contributed by atoms with Gasteiger partial charge >= 0.3 is 0 Å². The minimum absolute atomic E-state index is 0.163. The van der Waals surface area contributed by atoms with Gasteiger partial charge in [0.2, 0.25) is 5.91 Å². The molecule has 0 saturated carbocycles. The van der Waals surface area contributed by atoms with E-state index in [0.717, 1.165) is 0 Å². The zero-order valence-electron chi connectivity index (χ0n) is 8.66. The maximum absolute atomic E-state index is 11.4. The van der Waals surface area contributed by atoms with Crippen molar-refractivity contribution in [2.45, 2.75) is 12.8 Å². The van der Waals surface area contributed by atoms with Crippen molar-refractivity contribution in [1.29, 1.82) is 5.26 Å². The molecule has 0 aliphatic carbocycles. The number of rotatable bonds is 4. The lowest BCUT2D eigenvalue weighted by atomic mass is 10.2. The average Bonchev–Trinajstić information content (AvgIpc) is 2.27. The Balaban J connectivity index is 2.76. The second-order valence-corrected chi connectivity index (χ2v) is 3.68. The van der Waals surface area contributed by atoms with Crippen LogP contribution in [-0.4, -0.2) is 12.5 Å². The molecule has 1 aromatic carbocycles. The number of hydrogen-bond donors (Lipinski definition) is 2. The summed E-state index contributed by atoms with van der Waals surface area (Å²) in [6, 6.07) is 6.72. The van der Waals surface area contributed by atoms with Crippen LogP contribution in [0.2, 0.25) is 5.02 Å². The molecule has 1 amide bonds. The van der Waals surface area contributed by atoms with Crippen molar-refractivity contribution in [3.8, 4) is 6.07 Å². The zero-order valence-corrected chi connectivity index (χ0v) is 9.42. The van der Waals surface area contributed by atoms with Crippen LogP contribution in [0.4, 0.5) is 5.69 Å². The van der Waals surface area contributed by atoms with Crippen LogP contribution in [0.25, 0.3) is 0 Å². The van der Waals surface area contributed by atoms with Gasteiger partial charge in [0.05, 0.1) is 11.3 Å². The highest BCUT2D eigenvalue weighted by Crippen LogP contribution is 2.20. The van der Waals surface area contributed by atoms with Gasteiger partial charge in [-0.3, -0.25) is 4.79 Å². The Labute approximate surface area is 99.0 Å². The van der Waals surface area contributed by atoms with Crippen molar-refractivity contribution in [2.75, 3.05) is 11.9 Å². The van der Waals surface area contributed by atoms with Gasteiger partial charge in [-0.25, -0.2) is 0 Å². The normalized spacial score (nSPS) is 9.56. The summed E-state index contributed by atoms with van der Waals surface area (Å²) in [6.07, 6.45) is 0.960. The molecule has 0 aliphatic heterocycles. The fourth-order valence-electron chi connectivity index (χ4n) is 1.19. The molecule has 5 heteroatoms. The standard InChI is InChI=1S/C11H12ClN3O/c12-9-4-3-8(7-14)10(6-9)15-11(16)2-1-5-13/h3-4,6H,1-2,5,13H2,(H,15,16). The molecule has 3 N–H and O–H groups in total. The third-order valence-corrected chi connectivity index (χ3v) is 2.22. The largest absolute Gasteiger partial charge is 0.330 e. The highest BCUT2D eigenvalue weighted by atomic mass is 35.5. The van der Waals surface area contributed by atoms with Gasteiger partial charge in [-0.1, -0.05) is 11.6 Å². The number of halogens is 1. The molecule has 16 heavy (non-hydrogen) atoms. The summed E-state index contributed by atoms with van der Waals surface area (Å²) in [5.74, 6) is -0.163. The number of nitrogens with two attached hydrogens (primary N) is 1. The second-order valence-electron chi connectivity index (χ2n) is 3.24. The molecule has 1 aromatic rings. The first kappa shape index (κ1) is 12.5. The van der Waals surface area contributed by atoms with E-state index in [0.29, 0.717) is 35.7 Å². The van der Waals surface area contributed by atoms with Crippen molar-refractivity contribution >= 4 is 23.2 Å². The zero-order chi connectivity index (χ0) is 12.0. The van der Waals surface area contributed by atoms with Crippen molar-refractivity contribution in [2.24, 2.45) is 5.73 Å². The van der Waals surface area contributed by atoms with E-state index in [1.54, 1.807) is 18.2 Å². The van der Waals surface area contributed by atoms with E-state index < -0.39 is 0 Å². The van der Waals surface area contributed by atoms with Crippen LogP contribution < -0.4 is 11.1 Å². The summed E-state index contributed by atoms with van der Waals surface area (Å²) in [5.41, 5.74) is 6.13. The molecule has 4 nitrogen and oxygen atoms in total. The third kappa shape index (κ3) is 3.54. The Morgan fingerprint density at radius 2 is 2.31 bits per heavy atom. The average molecular weight is 238 g/mol. The monoisotopic (exact) mass is 237 g/mol. The van der Waals surface area contributed by atoms with Gasteiger partial charge in [-0.05, 0) is 31.2 Å². The van der Waals surface area contributed by atoms with Crippen LogP contribution in [0.1, 0.15) is 18.4 Å². The topological polar surface area (TPSA) is 78.9 Å². The van der Waals surface area contributed by atoms with Crippen molar-refractivity contribution in [3.63, 3.8) is 0 Å². The van der Waals surface area contributed by atoms with Gasteiger partial charge in [0.25, 0.3) is 0 Å².